The molecule has 0 saturated carbocycles. The number of pyridine rings is 1. The third-order valence-electron chi connectivity index (χ3n) is 2.46. The van der Waals surface area contributed by atoms with Crippen LogP contribution in [-0.2, 0) is 16.1 Å². The molecule has 0 bridgehead atoms. The van der Waals surface area contributed by atoms with E-state index in [2.05, 4.69) is 10.4 Å². The second-order valence-electron chi connectivity index (χ2n) is 3.76. The Kier molecular flexibility index (Phi) is 5.55. The Morgan fingerprint density at radius 1 is 1.71 bits per heavy atom. The lowest BCUT2D eigenvalue weighted by Crippen LogP contribution is -2.49. The molecule has 3 N–H and O–H groups in total. The minimum atomic E-state index is -0.412. The van der Waals surface area contributed by atoms with Gasteiger partial charge in [0.05, 0.1) is 6.61 Å². The molecule has 1 aromatic rings. The lowest BCUT2D eigenvalue weighted by Gasteiger charge is -2.25. The Bertz CT molecular complexity index is 345. The van der Waals surface area contributed by atoms with Crippen LogP contribution in [0.25, 0.3) is 0 Å². The lowest BCUT2D eigenvalue weighted by molar-refractivity contribution is -0.128. The van der Waals surface area contributed by atoms with Gasteiger partial charge in [0.1, 0.15) is 6.04 Å². The van der Waals surface area contributed by atoms with Crippen LogP contribution in [0.1, 0.15) is 5.56 Å². The highest BCUT2D eigenvalue weighted by molar-refractivity contribution is 5.81. The Labute approximate surface area is 101 Å². The van der Waals surface area contributed by atoms with Gasteiger partial charge in [0.25, 0.3) is 5.91 Å². The summed E-state index contributed by atoms with van der Waals surface area (Å²) in [7, 11) is 3.39. The molecule has 0 saturated heterocycles. The molecule has 1 atom stereocenters. The van der Waals surface area contributed by atoms with Crippen molar-refractivity contribution in [2.45, 2.75) is 12.6 Å². The third-order valence-corrected chi connectivity index (χ3v) is 2.46. The summed E-state index contributed by atoms with van der Waals surface area (Å²) in [6.45, 7) is 0.898. The van der Waals surface area contributed by atoms with Gasteiger partial charge in [-0.2, -0.15) is 0 Å². The number of likely N-dealkylation sites (N-methyl/N-ethyl adjacent to an activating group) is 1. The molecule has 0 aliphatic heterocycles. The van der Waals surface area contributed by atoms with Crippen LogP contribution in [0.2, 0.25) is 0 Å². The molecule has 6 heteroatoms. The first kappa shape index (κ1) is 13.6. The molecule has 0 radical (unpaired) electrons. The molecule has 17 heavy (non-hydrogen) atoms. The number of aromatic nitrogens is 1. The van der Waals surface area contributed by atoms with Crippen LogP contribution >= 0.6 is 0 Å². The number of hydrazine groups is 1. The van der Waals surface area contributed by atoms with Gasteiger partial charge < -0.3 is 4.74 Å². The molecule has 0 fully saturated rings. The predicted octanol–water partition coefficient (Wildman–Crippen LogP) is -0.482. The maximum absolute atomic E-state index is 11.6. The van der Waals surface area contributed by atoms with Crippen molar-refractivity contribution in [1.29, 1.82) is 0 Å². The van der Waals surface area contributed by atoms with Gasteiger partial charge in [-0.15, -0.1) is 0 Å². The van der Waals surface area contributed by atoms with Gasteiger partial charge in [-0.05, 0) is 18.7 Å². The Balaban J connectivity index is 2.65. The van der Waals surface area contributed by atoms with Crippen molar-refractivity contribution in [2.24, 2.45) is 5.84 Å². The molecule has 6 nitrogen and oxygen atoms in total. The standard InChI is InChI=1S/C11H18N4O2/c1-15(7-9-4-3-5-13-6-9)10(8-17-2)11(16)14-12/h3-6,10H,7-8,12H2,1-2H3,(H,14,16). The minimum Gasteiger partial charge on any atom is -0.383 e. The quantitative estimate of drug-likeness (QED) is 0.397. The second-order valence-corrected chi connectivity index (χ2v) is 3.76. The fourth-order valence-corrected chi connectivity index (χ4v) is 1.55. The molecular formula is C11H18N4O2. The smallest absolute Gasteiger partial charge is 0.253 e. The number of methoxy groups -OCH3 is 1. The number of hydrogen-bond acceptors (Lipinski definition) is 5. The zero-order chi connectivity index (χ0) is 12.7. The van der Waals surface area contributed by atoms with Crippen LogP contribution in [-0.4, -0.2) is 42.6 Å². The van der Waals surface area contributed by atoms with Crippen LogP contribution < -0.4 is 11.3 Å². The van der Waals surface area contributed by atoms with E-state index in [1.54, 1.807) is 19.5 Å². The monoisotopic (exact) mass is 238 g/mol. The van der Waals surface area contributed by atoms with Crippen molar-refractivity contribution in [1.82, 2.24) is 15.3 Å². The molecule has 94 valence electrons. The highest BCUT2D eigenvalue weighted by atomic mass is 16.5. The van der Waals surface area contributed by atoms with Crippen LogP contribution in [0, 0.1) is 0 Å². The van der Waals surface area contributed by atoms with E-state index in [4.69, 9.17) is 10.6 Å². The number of carbonyl (C=O) groups excluding carboxylic acids is 1. The molecule has 0 spiro atoms. The first-order valence-corrected chi connectivity index (χ1v) is 5.27. The topological polar surface area (TPSA) is 80.5 Å². The number of carbonyl (C=O) groups is 1. The molecule has 0 aliphatic rings. The van der Waals surface area contributed by atoms with E-state index in [-0.39, 0.29) is 5.91 Å². The predicted molar refractivity (Wildman–Crippen MR) is 63.7 cm³/mol. The zero-order valence-corrected chi connectivity index (χ0v) is 10.1. The van der Waals surface area contributed by atoms with Crippen molar-refractivity contribution in [2.75, 3.05) is 20.8 Å². The minimum absolute atomic E-state index is 0.266. The Hall–Kier alpha value is -1.50. The molecule has 1 rings (SSSR count). The summed E-state index contributed by atoms with van der Waals surface area (Å²) >= 11 is 0. The van der Waals surface area contributed by atoms with Crippen LogP contribution in [0.5, 0.6) is 0 Å². The van der Waals surface area contributed by atoms with E-state index >= 15 is 0 Å². The van der Waals surface area contributed by atoms with Gasteiger partial charge in [-0.25, -0.2) is 5.84 Å². The third kappa shape index (κ3) is 4.10. The Morgan fingerprint density at radius 2 is 2.47 bits per heavy atom. The molecular weight excluding hydrogens is 220 g/mol. The summed E-state index contributed by atoms with van der Waals surface area (Å²) in [5.41, 5.74) is 3.17. The first-order valence-electron chi connectivity index (χ1n) is 5.27. The summed E-state index contributed by atoms with van der Waals surface area (Å²) in [6, 6.07) is 3.40. The van der Waals surface area contributed by atoms with Crippen molar-refractivity contribution < 1.29 is 9.53 Å². The molecule has 1 aromatic heterocycles. The number of rotatable bonds is 6. The van der Waals surface area contributed by atoms with Crippen molar-refractivity contribution in [3.05, 3.63) is 30.1 Å². The Morgan fingerprint density at radius 3 is 3.00 bits per heavy atom. The number of nitrogens with two attached hydrogens (primary N) is 1. The van der Waals surface area contributed by atoms with Gasteiger partial charge in [0.2, 0.25) is 0 Å². The second kappa shape index (κ2) is 6.95. The summed E-state index contributed by atoms with van der Waals surface area (Å²) in [4.78, 5) is 17.4. The summed E-state index contributed by atoms with van der Waals surface area (Å²) in [6.07, 6.45) is 3.48. The normalized spacial score (nSPS) is 12.5. The van der Waals surface area contributed by atoms with E-state index in [0.29, 0.717) is 13.2 Å². The van der Waals surface area contributed by atoms with E-state index in [0.717, 1.165) is 5.56 Å². The number of nitrogens with zero attached hydrogens (tertiary/aromatic N) is 2. The number of amides is 1. The largest absolute Gasteiger partial charge is 0.383 e. The molecule has 0 aromatic carbocycles. The van der Waals surface area contributed by atoms with E-state index in [1.165, 1.54) is 0 Å². The number of ether oxygens (including phenoxy) is 1. The average molecular weight is 238 g/mol. The lowest BCUT2D eigenvalue weighted by atomic mass is 10.2. The van der Waals surface area contributed by atoms with Gasteiger partial charge in [0, 0.05) is 26.0 Å². The number of nitrogens with one attached hydrogen (secondary N) is 1. The van der Waals surface area contributed by atoms with Gasteiger partial charge in [0.15, 0.2) is 0 Å². The molecule has 1 amide bonds. The fourth-order valence-electron chi connectivity index (χ4n) is 1.55. The van der Waals surface area contributed by atoms with Crippen LogP contribution in [0.4, 0.5) is 0 Å². The molecule has 1 unspecified atom stereocenters. The van der Waals surface area contributed by atoms with Crippen LogP contribution in [0.15, 0.2) is 24.5 Å². The zero-order valence-electron chi connectivity index (χ0n) is 10.1. The first-order chi connectivity index (χ1) is 8.19. The van der Waals surface area contributed by atoms with Crippen molar-refractivity contribution in [3.63, 3.8) is 0 Å². The van der Waals surface area contributed by atoms with E-state index in [9.17, 15) is 4.79 Å². The SMILES string of the molecule is COCC(C(=O)NN)N(C)Cc1cccnc1. The van der Waals surface area contributed by atoms with Crippen molar-refractivity contribution >= 4 is 5.91 Å². The summed E-state index contributed by atoms with van der Waals surface area (Å²) < 4.78 is 5.01. The van der Waals surface area contributed by atoms with Gasteiger partial charge in [-0.1, -0.05) is 6.07 Å². The van der Waals surface area contributed by atoms with Crippen molar-refractivity contribution in [3.8, 4) is 0 Å². The highest BCUT2D eigenvalue weighted by Gasteiger charge is 2.22. The maximum atomic E-state index is 11.6. The summed E-state index contributed by atoms with van der Waals surface area (Å²) in [5, 5.41) is 0. The highest BCUT2D eigenvalue weighted by Crippen LogP contribution is 2.05. The van der Waals surface area contributed by atoms with E-state index in [1.807, 2.05) is 24.1 Å². The van der Waals surface area contributed by atoms with Gasteiger partial charge in [-0.3, -0.25) is 20.1 Å². The maximum Gasteiger partial charge on any atom is 0.253 e. The fraction of sp³-hybridized carbons (Fsp3) is 0.455. The van der Waals surface area contributed by atoms with Gasteiger partial charge >= 0.3 is 0 Å². The van der Waals surface area contributed by atoms with E-state index < -0.39 is 6.04 Å². The number of hydrogen-bond donors (Lipinski definition) is 2. The average Bonchev–Trinajstić information content (AvgIpc) is 2.36. The summed E-state index contributed by atoms with van der Waals surface area (Å²) in [5.74, 6) is 4.87. The molecule has 1 heterocycles. The molecule has 0 aliphatic carbocycles. The van der Waals surface area contributed by atoms with Crippen LogP contribution in [0.3, 0.4) is 0 Å².